The van der Waals surface area contributed by atoms with E-state index in [-0.39, 0.29) is 22.8 Å². The summed E-state index contributed by atoms with van der Waals surface area (Å²) in [6, 6.07) is 8.84. The van der Waals surface area contributed by atoms with E-state index in [9.17, 15) is 14.0 Å². The lowest BCUT2D eigenvalue weighted by molar-refractivity contribution is -0.135. The van der Waals surface area contributed by atoms with E-state index in [0.29, 0.717) is 5.56 Å². The van der Waals surface area contributed by atoms with Crippen molar-refractivity contribution in [3.05, 3.63) is 53.0 Å². The molecule has 26 heavy (non-hydrogen) atoms. The van der Waals surface area contributed by atoms with Crippen LogP contribution in [0.4, 0.5) is 15.9 Å². The van der Waals surface area contributed by atoms with Crippen LogP contribution < -0.4 is 16.3 Å². The molecule has 0 unspecified atom stereocenters. The number of benzene rings is 1. The molecule has 9 nitrogen and oxygen atoms in total. The molecule has 10 heteroatoms. The highest BCUT2D eigenvalue weighted by molar-refractivity contribution is 5.99. The summed E-state index contributed by atoms with van der Waals surface area (Å²) in [6.45, 7) is 1.10. The molecular weight excluding hydrogens is 345 g/mol. The number of pyridine rings is 1. The summed E-state index contributed by atoms with van der Waals surface area (Å²) in [6.07, 6.45) is 0. The third kappa shape index (κ3) is 4.73. The van der Waals surface area contributed by atoms with Gasteiger partial charge in [0.1, 0.15) is 23.4 Å². The van der Waals surface area contributed by atoms with Crippen molar-refractivity contribution in [1.29, 1.82) is 5.26 Å². The van der Waals surface area contributed by atoms with Crippen LogP contribution in [0, 0.1) is 24.1 Å². The highest BCUT2D eigenvalue weighted by atomic mass is 19.1. The van der Waals surface area contributed by atoms with Crippen molar-refractivity contribution in [3.8, 4) is 6.07 Å². The molecule has 0 radical (unpaired) electrons. The SMILES string of the molecule is Cc1ccc(Nc2nc(C#N)ccc2C(=O)NOCC(=O)NO)c(F)c1. The van der Waals surface area contributed by atoms with Crippen LogP contribution in [0.15, 0.2) is 30.3 Å². The minimum atomic E-state index is -0.872. The molecule has 1 heterocycles. The fourth-order valence-corrected chi connectivity index (χ4v) is 1.90. The quantitative estimate of drug-likeness (QED) is 0.451. The van der Waals surface area contributed by atoms with Gasteiger partial charge in [-0.2, -0.15) is 5.26 Å². The van der Waals surface area contributed by atoms with Crippen LogP contribution in [0.3, 0.4) is 0 Å². The summed E-state index contributed by atoms with van der Waals surface area (Å²) < 4.78 is 14.0. The van der Waals surface area contributed by atoms with E-state index in [2.05, 4.69) is 15.1 Å². The van der Waals surface area contributed by atoms with Crippen molar-refractivity contribution in [2.45, 2.75) is 6.92 Å². The van der Waals surface area contributed by atoms with Gasteiger partial charge in [-0.25, -0.2) is 20.3 Å². The molecule has 0 aliphatic carbocycles. The highest BCUT2D eigenvalue weighted by Gasteiger charge is 2.16. The third-order valence-corrected chi connectivity index (χ3v) is 3.12. The van der Waals surface area contributed by atoms with Crippen LogP contribution in [0.5, 0.6) is 0 Å². The third-order valence-electron chi connectivity index (χ3n) is 3.12. The Labute approximate surface area is 147 Å². The predicted octanol–water partition coefficient (Wildman–Crippen LogP) is 1.31. The lowest BCUT2D eigenvalue weighted by Crippen LogP contribution is -2.31. The molecular formula is C16H14FN5O4. The molecule has 1 aromatic heterocycles. The molecule has 2 aromatic rings. The molecule has 1 aromatic carbocycles. The van der Waals surface area contributed by atoms with Gasteiger partial charge in [0.15, 0.2) is 6.61 Å². The first-order chi connectivity index (χ1) is 12.4. The molecule has 0 bridgehead atoms. The first kappa shape index (κ1) is 18.8. The van der Waals surface area contributed by atoms with E-state index < -0.39 is 24.2 Å². The molecule has 0 fully saturated rings. The Bertz CT molecular complexity index is 881. The molecule has 2 rings (SSSR count). The number of nitrogens with one attached hydrogen (secondary N) is 3. The van der Waals surface area contributed by atoms with Gasteiger partial charge in [0, 0.05) is 0 Å². The average Bonchev–Trinajstić information content (AvgIpc) is 2.63. The van der Waals surface area contributed by atoms with Crippen LogP contribution in [0.2, 0.25) is 0 Å². The van der Waals surface area contributed by atoms with E-state index >= 15 is 0 Å². The Morgan fingerprint density at radius 1 is 1.35 bits per heavy atom. The molecule has 2 amide bonds. The molecule has 134 valence electrons. The minimum absolute atomic E-state index is 0.0112. The number of aryl methyl sites for hydroxylation is 1. The summed E-state index contributed by atoms with van der Waals surface area (Å²) in [4.78, 5) is 31.6. The number of halogens is 1. The zero-order chi connectivity index (χ0) is 19.1. The lowest BCUT2D eigenvalue weighted by Gasteiger charge is -2.12. The topological polar surface area (TPSA) is 136 Å². The second-order valence-electron chi connectivity index (χ2n) is 5.07. The number of hydroxylamine groups is 2. The number of nitrogens with zero attached hydrogens (tertiary/aromatic N) is 2. The van der Waals surface area contributed by atoms with Crippen molar-refractivity contribution in [2.75, 3.05) is 11.9 Å². The van der Waals surface area contributed by atoms with E-state index in [0.717, 1.165) is 0 Å². The Hall–Kier alpha value is -3.55. The Morgan fingerprint density at radius 3 is 2.77 bits per heavy atom. The van der Waals surface area contributed by atoms with Gasteiger partial charge >= 0.3 is 0 Å². The molecule has 0 atom stereocenters. The highest BCUT2D eigenvalue weighted by Crippen LogP contribution is 2.23. The maximum atomic E-state index is 14.0. The standard InChI is InChI=1S/C16H14FN5O4/c1-9-2-5-13(12(17)6-9)20-15-11(4-3-10(7-18)19-15)16(24)22-26-8-14(23)21-25/h2-6,25H,8H2,1H3,(H,19,20)(H,21,23)(H,22,24). The largest absolute Gasteiger partial charge is 0.337 e. The van der Waals surface area contributed by atoms with Gasteiger partial charge in [0.25, 0.3) is 11.8 Å². The van der Waals surface area contributed by atoms with E-state index in [1.165, 1.54) is 29.7 Å². The fourth-order valence-electron chi connectivity index (χ4n) is 1.90. The Kier molecular flexibility index (Phi) is 6.15. The second kappa shape index (κ2) is 8.52. The van der Waals surface area contributed by atoms with Crippen LogP contribution in [-0.2, 0) is 9.63 Å². The van der Waals surface area contributed by atoms with Gasteiger partial charge < -0.3 is 5.32 Å². The zero-order valence-electron chi connectivity index (χ0n) is 13.5. The van der Waals surface area contributed by atoms with Gasteiger partial charge in [0.05, 0.1) is 11.3 Å². The summed E-state index contributed by atoms with van der Waals surface area (Å²) in [5, 5.41) is 20.0. The molecule has 0 aliphatic rings. The second-order valence-corrected chi connectivity index (χ2v) is 5.07. The maximum Gasteiger partial charge on any atom is 0.278 e. The van der Waals surface area contributed by atoms with Crippen molar-refractivity contribution in [1.82, 2.24) is 15.9 Å². The number of rotatable bonds is 6. The van der Waals surface area contributed by atoms with E-state index in [4.69, 9.17) is 10.5 Å². The van der Waals surface area contributed by atoms with Gasteiger partial charge in [-0.15, -0.1) is 0 Å². The van der Waals surface area contributed by atoms with Gasteiger partial charge in [-0.05, 0) is 36.8 Å². The number of carbonyl (C=O) groups is 2. The first-order valence-electron chi connectivity index (χ1n) is 7.24. The number of carbonyl (C=O) groups excluding carboxylic acids is 2. The Balaban J connectivity index is 2.25. The van der Waals surface area contributed by atoms with Crippen molar-refractivity contribution < 1.29 is 24.0 Å². The average molecular weight is 359 g/mol. The summed E-state index contributed by atoms with van der Waals surface area (Å²) in [5.74, 6) is -2.29. The lowest BCUT2D eigenvalue weighted by atomic mass is 10.2. The monoisotopic (exact) mass is 359 g/mol. The van der Waals surface area contributed by atoms with Gasteiger partial charge in [-0.3, -0.25) is 19.6 Å². The molecule has 4 N–H and O–H groups in total. The molecule has 0 spiro atoms. The van der Waals surface area contributed by atoms with Gasteiger partial charge in [0.2, 0.25) is 0 Å². The molecule has 0 saturated carbocycles. The van der Waals surface area contributed by atoms with Crippen LogP contribution in [0.1, 0.15) is 21.6 Å². The van der Waals surface area contributed by atoms with Crippen LogP contribution in [-0.4, -0.2) is 28.6 Å². The fraction of sp³-hybridized carbons (Fsp3) is 0.125. The van der Waals surface area contributed by atoms with Gasteiger partial charge in [-0.1, -0.05) is 6.07 Å². The summed E-state index contributed by atoms with van der Waals surface area (Å²) >= 11 is 0. The number of amides is 2. The Morgan fingerprint density at radius 2 is 2.12 bits per heavy atom. The van der Waals surface area contributed by atoms with Crippen molar-refractivity contribution in [3.63, 3.8) is 0 Å². The minimum Gasteiger partial charge on any atom is -0.337 e. The number of hydrogen-bond donors (Lipinski definition) is 4. The molecule has 0 saturated heterocycles. The molecule has 0 aliphatic heterocycles. The van der Waals surface area contributed by atoms with Crippen LogP contribution in [0.25, 0.3) is 0 Å². The number of aromatic nitrogens is 1. The van der Waals surface area contributed by atoms with Crippen LogP contribution >= 0.6 is 0 Å². The van der Waals surface area contributed by atoms with Crippen molar-refractivity contribution >= 4 is 23.3 Å². The first-order valence-corrected chi connectivity index (χ1v) is 7.24. The summed E-state index contributed by atoms with van der Waals surface area (Å²) in [5.41, 5.74) is 4.05. The van der Waals surface area contributed by atoms with E-state index in [1.54, 1.807) is 13.0 Å². The maximum absolute atomic E-state index is 14.0. The smallest absolute Gasteiger partial charge is 0.278 e. The van der Waals surface area contributed by atoms with Crippen molar-refractivity contribution in [2.24, 2.45) is 0 Å². The number of anilines is 2. The summed E-state index contributed by atoms with van der Waals surface area (Å²) in [7, 11) is 0. The van der Waals surface area contributed by atoms with E-state index in [1.807, 2.05) is 11.5 Å². The normalized spacial score (nSPS) is 9.92. The predicted molar refractivity (Wildman–Crippen MR) is 86.7 cm³/mol. The zero-order valence-corrected chi connectivity index (χ0v) is 13.5. The number of nitriles is 1. The number of hydrogen-bond acceptors (Lipinski definition) is 7.